The summed E-state index contributed by atoms with van der Waals surface area (Å²) in [6.45, 7) is 1.36. The number of hydrogen-bond acceptors (Lipinski definition) is 9. The fourth-order valence-electron chi connectivity index (χ4n) is 4.56. The van der Waals surface area contributed by atoms with Crippen LogP contribution < -0.4 is 10.1 Å². The molecule has 10 heteroatoms. The zero-order chi connectivity index (χ0) is 26.8. The van der Waals surface area contributed by atoms with Crippen LogP contribution in [0.4, 0.5) is 10.1 Å². The van der Waals surface area contributed by atoms with Crippen molar-refractivity contribution < 1.29 is 23.4 Å². The number of nitrogens with one attached hydrogen (secondary N) is 1. The van der Waals surface area contributed by atoms with Crippen LogP contribution in [0.1, 0.15) is 30.2 Å². The van der Waals surface area contributed by atoms with E-state index >= 15 is 4.39 Å². The molecule has 0 spiro atoms. The molecule has 1 fully saturated rings. The first kappa shape index (κ1) is 25.6. The second-order valence-corrected chi connectivity index (χ2v) is 9.37. The van der Waals surface area contributed by atoms with E-state index in [1.54, 1.807) is 49.3 Å². The predicted octanol–water partition coefficient (Wildman–Crippen LogP) is 4.72. The molecule has 38 heavy (non-hydrogen) atoms. The average molecular weight is 518 g/mol. The van der Waals surface area contributed by atoms with Gasteiger partial charge in [0.2, 0.25) is 0 Å². The number of benzene rings is 1. The summed E-state index contributed by atoms with van der Waals surface area (Å²) in [6.07, 6.45) is 3.52. The van der Waals surface area contributed by atoms with E-state index in [2.05, 4.69) is 21.4 Å². The molecule has 1 aliphatic heterocycles. The molecule has 3 aromatic heterocycles. The van der Waals surface area contributed by atoms with Crippen LogP contribution in [0.5, 0.6) is 5.75 Å². The van der Waals surface area contributed by atoms with E-state index in [0.29, 0.717) is 58.3 Å². The maximum atomic E-state index is 15.2. The van der Waals surface area contributed by atoms with Crippen LogP contribution >= 0.6 is 0 Å². The number of pyridine rings is 2. The van der Waals surface area contributed by atoms with E-state index in [0.717, 1.165) is 19.0 Å². The number of aromatic nitrogens is 2. The van der Waals surface area contributed by atoms with Gasteiger partial charge < -0.3 is 24.3 Å². The van der Waals surface area contributed by atoms with Gasteiger partial charge in [0.1, 0.15) is 29.3 Å². The van der Waals surface area contributed by atoms with Crippen molar-refractivity contribution in [1.29, 1.82) is 5.26 Å². The highest BCUT2D eigenvalue weighted by Gasteiger charge is 2.22. The Morgan fingerprint density at radius 1 is 1.18 bits per heavy atom. The number of aliphatic hydroxyl groups is 1. The van der Waals surface area contributed by atoms with Gasteiger partial charge in [-0.1, -0.05) is 6.07 Å². The lowest BCUT2D eigenvalue weighted by Gasteiger charge is -2.24. The van der Waals surface area contributed by atoms with E-state index in [1.165, 1.54) is 13.3 Å². The molecule has 4 aromatic rings. The molecule has 2 N–H and O–H groups in total. The minimum atomic E-state index is -0.860. The molecular weight excluding hydrogens is 489 g/mol. The number of methoxy groups -OCH3 is 1. The summed E-state index contributed by atoms with van der Waals surface area (Å²) in [5, 5.41) is 23.6. The van der Waals surface area contributed by atoms with Gasteiger partial charge in [-0.15, -0.1) is 0 Å². The number of halogens is 1. The zero-order valence-corrected chi connectivity index (χ0v) is 21.4. The topological polar surface area (TPSA) is 117 Å². The monoisotopic (exact) mass is 517 g/mol. The summed E-state index contributed by atoms with van der Waals surface area (Å²) in [5.41, 5.74) is 3.40. The summed E-state index contributed by atoms with van der Waals surface area (Å²) < 4.78 is 32.2. The van der Waals surface area contributed by atoms with E-state index in [4.69, 9.17) is 13.9 Å². The number of fused-ring (bicyclic) bond motifs is 1. The van der Waals surface area contributed by atoms with Crippen molar-refractivity contribution in [3.8, 4) is 34.4 Å². The van der Waals surface area contributed by atoms with Crippen LogP contribution in [0.25, 0.3) is 33.7 Å². The molecule has 196 valence electrons. The molecular formula is C28H28FN5O4. The van der Waals surface area contributed by atoms with Crippen molar-refractivity contribution in [3.63, 3.8) is 0 Å². The minimum Gasteiger partial charge on any atom is -0.494 e. The van der Waals surface area contributed by atoms with Gasteiger partial charge in [-0.25, -0.2) is 14.4 Å². The van der Waals surface area contributed by atoms with Crippen molar-refractivity contribution in [2.24, 2.45) is 0 Å². The van der Waals surface area contributed by atoms with Gasteiger partial charge in [0.25, 0.3) is 0 Å². The fraction of sp³-hybridized carbons (Fsp3) is 0.321. The highest BCUT2D eigenvalue weighted by Crippen LogP contribution is 2.39. The molecule has 5 rings (SSSR count). The van der Waals surface area contributed by atoms with Crippen LogP contribution in [-0.4, -0.2) is 60.4 Å². The molecule has 4 heterocycles. The summed E-state index contributed by atoms with van der Waals surface area (Å²) >= 11 is 0. The van der Waals surface area contributed by atoms with Gasteiger partial charge in [0, 0.05) is 37.1 Å². The molecule has 1 saturated heterocycles. The number of aliphatic hydroxyl groups excluding tert-OH is 1. The molecule has 1 atom stereocenters. The molecule has 0 bridgehead atoms. The van der Waals surface area contributed by atoms with Gasteiger partial charge >= 0.3 is 0 Å². The Balaban J connectivity index is 1.54. The van der Waals surface area contributed by atoms with Gasteiger partial charge in [-0.05, 0) is 50.7 Å². The summed E-state index contributed by atoms with van der Waals surface area (Å²) in [4.78, 5) is 10.3. The molecule has 1 aliphatic rings. The minimum absolute atomic E-state index is 0.203. The van der Waals surface area contributed by atoms with Crippen molar-refractivity contribution in [1.82, 2.24) is 14.9 Å². The molecule has 0 aliphatic carbocycles. The fourth-order valence-corrected chi connectivity index (χ4v) is 4.56. The van der Waals surface area contributed by atoms with Crippen molar-refractivity contribution in [2.45, 2.75) is 25.1 Å². The Morgan fingerprint density at radius 2 is 1.97 bits per heavy atom. The first-order valence-electron chi connectivity index (χ1n) is 12.2. The van der Waals surface area contributed by atoms with Crippen LogP contribution in [0, 0.1) is 17.1 Å². The number of hydrogen-bond donors (Lipinski definition) is 2. The standard InChI is InChI=1S/C28H28FN5O4/c1-34(2)28(35)18-11-23(36-3)26(32-14-18)24-12-22-27(38-24)25(20(29)15-31-22)16-4-5-21(17(10-16)13-30)33-19-6-8-37-9-7-19/h4-5,10-12,14-15,19,28,33,35H,6-9H2,1-3H3. The molecule has 0 saturated carbocycles. The lowest BCUT2D eigenvalue weighted by molar-refractivity contribution is 0.0391. The van der Waals surface area contributed by atoms with E-state index in [1.807, 2.05) is 0 Å². The number of rotatable bonds is 7. The Bertz CT molecular complexity index is 1510. The van der Waals surface area contributed by atoms with Crippen LogP contribution in [0.15, 0.2) is 47.1 Å². The number of furan rings is 1. The van der Waals surface area contributed by atoms with Gasteiger partial charge in [-0.2, -0.15) is 5.26 Å². The van der Waals surface area contributed by atoms with Crippen molar-refractivity contribution in [3.05, 3.63) is 59.7 Å². The second-order valence-electron chi connectivity index (χ2n) is 9.37. The first-order chi connectivity index (χ1) is 18.4. The van der Waals surface area contributed by atoms with Gasteiger partial charge in [0.15, 0.2) is 17.2 Å². The average Bonchev–Trinajstić information content (AvgIpc) is 3.37. The van der Waals surface area contributed by atoms with Crippen LogP contribution in [0.2, 0.25) is 0 Å². The quantitative estimate of drug-likeness (QED) is 0.336. The normalized spacial score (nSPS) is 15.0. The largest absolute Gasteiger partial charge is 0.494 e. The summed E-state index contributed by atoms with van der Waals surface area (Å²) in [7, 11) is 4.99. The van der Waals surface area contributed by atoms with Crippen molar-refractivity contribution >= 4 is 16.8 Å². The van der Waals surface area contributed by atoms with Gasteiger partial charge in [0.05, 0.1) is 30.1 Å². The smallest absolute Gasteiger partial charge is 0.164 e. The SMILES string of the molecule is COc1cc(C(O)N(C)C)cnc1-c1cc2ncc(F)c(-c3ccc(NC4CCOCC4)c(C#N)c3)c2o1. The zero-order valence-electron chi connectivity index (χ0n) is 21.4. The highest BCUT2D eigenvalue weighted by atomic mass is 19.1. The molecule has 1 aromatic carbocycles. The Hall–Kier alpha value is -4.04. The Morgan fingerprint density at radius 3 is 2.68 bits per heavy atom. The first-order valence-corrected chi connectivity index (χ1v) is 12.2. The third-order valence-corrected chi connectivity index (χ3v) is 6.62. The molecule has 0 amide bonds. The third kappa shape index (κ3) is 4.91. The Labute approximate surface area is 219 Å². The Kier molecular flexibility index (Phi) is 7.24. The third-order valence-electron chi connectivity index (χ3n) is 6.62. The van der Waals surface area contributed by atoms with E-state index in [-0.39, 0.29) is 17.2 Å². The second kappa shape index (κ2) is 10.8. The van der Waals surface area contributed by atoms with Crippen molar-refractivity contribution in [2.75, 3.05) is 39.7 Å². The van der Waals surface area contributed by atoms with Gasteiger partial charge in [-0.3, -0.25) is 4.90 Å². The lowest BCUT2D eigenvalue weighted by atomic mass is 10.0. The molecule has 1 unspecified atom stereocenters. The number of nitrogens with zero attached hydrogens (tertiary/aromatic N) is 4. The van der Waals surface area contributed by atoms with Crippen LogP contribution in [0.3, 0.4) is 0 Å². The summed E-state index contributed by atoms with van der Waals surface area (Å²) in [6, 6.07) is 11.0. The van der Waals surface area contributed by atoms with E-state index < -0.39 is 12.0 Å². The molecule has 9 nitrogen and oxygen atoms in total. The maximum absolute atomic E-state index is 15.2. The highest BCUT2D eigenvalue weighted by molar-refractivity contribution is 5.93. The number of ether oxygens (including phenoxy) is 2. The van der Waals surface area contributed by atoms with Crippen LogP contribution in [-0.2, 0) is 4.74 Å². The number of anilines is 1. The predicted molar refractivity (Wildman–Crippen MR) is 140 cm³/mol. The lowest BCUT2D eigenvalue weighted by Crippen LogP contribution is -2.28. The summed E-state index contributed by atoms with van der Waals surface area (Å²) in [5.74, 6) is 0.150. The molecule has 0 radical (unpaired) electrons. The number of nitriles is 1. The maximum Gasteiger partial charge on any atom is 0.164 e. The van der Waals surface area contributed by atoms with E-state index in [9.17, 15) is 10.4 Å².